The number of benzene rings is 1. The molecular weight excluding hydrogens is 372 g/mol. The lowest BCUT2D eigenvalue weighted by Gasteiger charge is -2.28. The van der Waals surface area contributed by atoms with Crippen LogP contribution in [0.3, 0.4) is 0 Å². The fourth-order valence-corrected chi connectivity index (χ4v) is 2.94. The Hall–Kier alpha value is -2.98. The summed E-state index contributed by atoms with van der Waals surface area (Å²) in [4.78, 5) is 24.6. The van der Waals surface area contributed by atoms with E-state index in [4.69, 9.17) is 31.5 Å². The Morgan fingerprint density at radius 1 is 1.30 bits per heavy atom. The number of nitriles is 1. The van der Waals surface area contributed by atoms with Crippen LogP contribution < -0.4 is 5.73 Å². The van der Waals surface area contributed by atoms with Gasteiger partial charge in [-0.1, -0.05) is 23.7 Å². The Kier molecular flexibility index (Phi) is 6.85. The second-order valence-electron chi connectivity index (χ2n) is 5.52. The molecule has 2 rings (SSSR count). The molecule has 1 aromatic rings. The van der Waals surface area contributed by atoms with Crippen LogP contribution >= 0.6 is 11.6 Å². The Labute approximate surface area is 161 Å². The van der Waals surface area contributed by atoms with Crippen molar-refractivity contribution in [2.45, 2.75) is 26.2 Å². The van der Waals surface area contributed by atoms with E-state index in [1.165, 1.54) is 0 Å². The highest BCUT2D eigenvalue weighted by molar-refractivity contribution is 6.30. The first-order valence-electron chi connectivity index (χ1n) is 8.31. The minimum absolute atomic E-state index is 0.00613. The van der Waals surface area contributed by atoms with Crippen LogP contribution in [0.1, 0.15) is 31.7 Å². The van der Waals surface area contributed by atoms with Crippen molar-refractivity contribution in [1.82, 2.24) is 0 Å². The van der Waals surface area contributed by atoms with Gasteiger partial charge in [-0.25, -0.2) is 4.79 Å². The second kappa shape index (κ2) is 9.10. The molecule has 8 heteroatoms. The molecule has 0 amide bonds. The average molecular weight is 391 g/mol. The molecule has 0 saturated heterocycles. The summed E-state index contributed by atoms with van der Waals surface area (Å²) in [5.41, 5.74) is 6.51. The molecular formula is C19H19ClN2O5. The number of halogens is 1. The summed E-state index contributed by atoms with van der Waals surface area (Å²) < 4.78 is 15.5. The number of esters is 2. The first-order valence-corrected chi connectivity index (χ1v) is 8.69. The normalized spacial score (nSPS) is 16.4. The quantitative estimate of drug-likeness (QED) is 0.743. The molecule has 0 aliphatic carbocycles. The van der Waals surface area contributed by atoms with Crippen LogP contribution in [0.5, 0.6) is 0 Å². The van der Waals surface area contributed by atoms with Crippen molar-refractivity contribution in [2.75, 3.05) is 13.2 Å². The lowest BCUT2D eigenvalue weighted by molar-refractivity contribution is -0.143. The van der Waals surface area contributed by atoms with Crippen LogP contribution in [0, 0.1) is 11.3 Å². The number of carbonyl (C=O) groups is 2. The van der Waals surface area contributed by atoms with Gasteiger partial charge < -0.3 is 19.9 Å². The van der Waals surface area contributed by atoms with Crippen molar-refractivity contribution in [3.05, 3.63) is 57.6 Å². The van der Waals surface area contributed by atoms with E-state index < -0.39 is 17.9 Å². The van der Waals surface area contributed by atoms with Crippen molar-refractivity contribution in [3.8, 4) is 6.07 Å². The van der Waals surface area contributed by atoms with E-state index >= 15 is 0 Å². The Balaban J connectivity index is 2.64. The van der Waals surface area contributed by atoms with E-state index in [2.05, 4.69) is 0 Å². The molecule has 1 heterocycles. The maximum atomic E-state index is 12.7. The van der Waals surface area contributed by atoms with Crippen molar-refractivity contribution in [2.24, 2.45) is 5.73 Å². The number of hydrogen-bond acceptors (Lipinski definition) is 7. The summed E-state index contributed by atoms with van der Waals surface area (Å²) in [5, 5.41) is 10.00. The van der Waals surface area contributed by atoms with Gasteiger partial charge in [0, 0.05) is 5.02 Å². The second-order valence-corrected chi connectivity index (χ2v) is 5.96. The van der Waals surface area contributed by atoms with E-state index in [1.54, 1.807) is 38.1 Å². The third kappa shape index (κ3) is 4.60. The smallest absolute Gasteiger partial charge is 0.338 e. The van der Waals surface area contributed by atoms with E-state index in [0.29, 0.717) is 10.6 Å². The average Bonchev–Trinajstić information content (AvgIpc) is 2.61. The molecule has 27 heavy (non-hydrogen) atoms. The summed E-state index contributed by atoms with van der Waals surface area (Å²) in [7, 11) is 0. The molecule has 2 N–H and O–H groups in total. The maximum Gasteiger partial charge on any atom is 0.338 e. The monoisotopic (exact) mass is 390 g/mol. The Bertz CT molecular complexity index is 854. The minimum Gasteiger partial charge on any atom is -0.466 e. The van der Waals surface area contributed by atoms with Crippen molar-refractivity contribution < 1.29 is 23.8 Å². The van der Waals surface area contributed by atoms with Gasteiger partial charge in [-0.3, -0.25) is 4.79 Å². The predicted octanol–water partition coefficient (Wildman–Crippen LogP) is 2.92. The third-order valence-electron chi connectivity index (χ3n) is 3.78. The Morgan fingerprint density at radius 3 is 2.59 bits per heavy atom. The number of allylic oxidation sites excluding steroid dienone is 1. The molecule has 7 nitrogen and oxygen atoms in total. The van der Waals surface area contributed by atoms with Crippen molar-refractivity contribution in [3.63, 3.8) is 0 Å². The van der Waals surface area contributed by atoms with Crippen molar-refractivity contribution >= 4 is 23.5 Å². The molecule has 0 aromatic heterocycles. The topological polar surface area (TPSA) is 112 Å². The molecule has 1 aliphatic heterocycles. The van der Waals surface area contributed by atoms with Gasteiger partial charge in [-0.05, 0) is 31.5 Å². The standard InChI is InChI=1S/C19H19ClN2O5/c1-3-25-15(23)9-14-17(19(24)26-4-2)16(13(10-21)18(22)27-14)11-6-5-7-12(20)8-11/h5-8,16H,3-4,9,22H2,1-2H3/t16-/m1/s1. The molecule has 1 aliphatic rings. The summed E-state index contributed by atoms with van der Waals surface area (Å²) in [5.74, 6) is -2.36. The summed E-state index contributed by atoms with van der Waals surface area (Å²) in [6, 6.07) is 8.64. The van der Waals surface area contributed by atoms with Gasteiger partial charge in [0.1, 0.15) is 23.8 Å². The summed E-state index contributed by atoms with van der Waals surface area (Å²) in [6.07, 6.45) is -0.321. The molecule has 0 unspecified atom stereocenters. The van der Waals surface area contributed by atoms with Gasteiger partial charge in [-0.15, -0.1) is 0 Å². The van der Waals surface area contributed by atoms with Gasteiger partial charge >= 0.3 is 11.9 Å². The molecule has 1 atom stereocenters. The zero-order chi connectivity index (χ0) is 20.0. The number of nitrogens with zero attached hydrogens (tertiary/aromatic N) is 1. The summed E-state index contributed by atoms with van der Waals surface area (Å²) in [6.45, 7) is 3.60. The number of carbonyl (C=O) groups excluding carboxylic acids is 2. The van der Waals surface area contributed by atoms with Crippen LogP contribution in [0.25, 0.3) is 0 Å². The number of hydrogen-bond donors (Lipinski definition) is 1. The van der Waals surface area contributed by atoms with Crippen LogP contribution in [0.4, 0.5) is 0 Å². The van der Waals surface area contributed by atoms with Crippen LogP contribution in [-0.4, -0.2) is 25.2 Å². The number of nitrogens with two attached hydrogens (primary N) is 1. The van der Waals surface area contributed by atoms with Crippen LogP contribution in [0.15, 0.2) is 47.1 Å². The molecule has 0 saturated carbocycles. The van der Waals surface area contributed by atoms with Crippen LogP contribution in [-0.2, 0) is 23.8 Å². The fourth-order valence-electron chi connectivity index (χ4n) is 2.74. The first-order chi connectivity index (χ1) is 12.9. The van der Waals surface area contributed by atoms with Crippen LogP contribution in [0.2, 0.25) is 5.02 Å². The van der Waals surface area contributed by atoms with Gasteiger partial charge in [0.05, 0.1) is 24.7 Å². The van der Waals surface area contributed by atoms with Gasteiger partial charge in [0.15, 0.2) is 0 Å². The fraction of sp³-hybridized carbons (Fsp3) is 0.316. The largest absolute Gasteiger partial charge is 0.466 e. The first kappa shape index (κ1) is 20.3. The highest BCUT2D eigenvalue weighted by Crippen LogP contribution is 2.41. The van der Waals surface area contributed by atoms with Crippen molar-refractivity contribution in [1.29, 1.82) is 5.26 Å². The highest BCUT2D eigenvalue weighted by atomic mass is 35.5. The zero-order valence-electron chi connectivity index (χ0n) is 15.0. The van der Waals surface area contributed by atoms with Gasteiger partial charge in [-0.2, -0.15) is 5.26 Å². The number of rotatable bonds is 6. The van der Waals surface area contributed by atoms with Gasteiger partial charge in [0.2, 0.25) is 5.88 Å². The molecule has 0 fully saturated rings. The van der Waals surface area contributed by atoms with E-state index in [1.807, 2.05) is 6.07 Å². The molecule has 142 valence electrons. The third-order valence-corrected chi connectivity index (χ3v) is 4.02. The Morgan fingerprint density at radius 2 is 2.00 bits per heavy atom. The van der Waals surface area contributed by atoms with E-state index in [0.717, 1.165) is 0 Å². The SMILES string of the molecule is CCOC(=O)CC1=C(C(=O)OCC)[C@H](c2cccc(Cl)c2)C(C#N)=C(N)O1. The summed E-state index contributed by atoms with van der Waals surface area (Å²) >= 11 is 6.07. The predicted molar refractivity (Wildman–Crippen MR) is 97.0 cm³/mol. The highest BCUT2D eigenvalue weighted by Gasteiger charge is 2.38. The van der Waals surface area contributed by atoms with E-state index in [9.17, 15) is 14.9 Å². The lowest BCUT2D eigenvalue weighted by Crippen LogP contribution is -2.27. The minimum atomic E-state index is -0.870. The van der Waals surface area contributed by atoms with Gasteiger partial charge in [0.25, 0.3) is 0 Å². The molecule has 1 aromatic carbocycles. The lowest BCUT2D eigenvalue weighted by atomic mass is 9.82. The molecule has 0 radical (unpaired) electrons. The maximum absolute atomic E-state index is 12.7. The molecule has 0 bridgehead atoms. The zero-order valence-corrected chi connectivity index (χ0v) is 15.7. The number of ether oxygens (including phenoxy) is 3. The van der Waals surface area contributed by atoms with E-state index in [-0.39, 0.29) is 42.4 Å². The molecule has 0 spiro atoms.